The monoisotopic (exact) mass is 263 g/mol. The summed E-state index contributed by atoms with van der Waals surface area (Å²) in [6, 6.07) is 8.08. The molecule has 1 aliphatic heterocycles. The number of carboxylic acids is 1. The minimum atomic E-state index is -0.723. The van der Waals surface area contributed by atoms with Gasteiger partial charge in [0.05, 0.1) is 13.0 Å². The molecule has 1 aromatic carbocycles. The lowest BCUT2D eigenvalue weighted by Gasteiger charge is -2.20. The Morgan fingerprint density at radius 2 is 2.05 bits per heavy atom. The standard InChI is InChI=1S/C15H21NO3/c1-10(2)16-8-12(13(9-16)15(17)18)11-6-4-5-7-14(11)19-3/h4-7,10,12-13H,8-9H2,1-3H3,(H,17,18). The Hall–Kier alpha value is -1.55. The van der Waals surface area contributed by atoms with Gasteiger partial charge in [-0.2, -0.15) is 0 Å². The third kappa shape index (κ3) is 2.73. The molecule has 19 heavy (non-hydrogen) atoms. The van der Waals surface area contributed by atoms with E-state index in [1.54, 1.807) is 7.11 Å². The highest BCUT2D eigenvalue weighted by Gasteiger charge is 2.40. The number of hydrogen-bond acceptors (Lipinski definition) is 3. The summed E-state index contributed by atoms with van der Waals surface area (Å²) in [4.78, 5) is 13.7. The molecule has 0 aromatic heterocycles. The van der Waals surface area contributed by atoms with E-state index in [0.29, 0.717) is 12.6 Å². The molecule has 4 nitrogen and oxygen atoms in total. The zero-order valence-electron chi connectivity index (χ0n) is 11.7. The van der Waals surface area contributed by atoms with Crippen molar-refractivity contribution in [2.24, 2.45) is 5.92 Å². The fourth-order valence-corrected chi connectivity index (χ4v) is 2.79. The molecule has 2 unspecified atom stereocenters. The van der Waals surface area contributed by atoms with Gasteiger partial charge in [0.25, 0.3) is 0 Å². The number of rotatable bonds is 4. The number of carbonyl (C=O) groups is 1. The molecule has 1 aliphatic rings. The van der Waals surface area contributed by atoms with Crippen molar-refractivity contribution in [3.8, 4) is 5.75 Å². The van der Waals surface area contributed by atoms with Crippen molar-refractivity contribution >= 4 is 5.97 Å². The highest BCUT2D eigenvalue weighted by atomic mass is 16.5. The largest absolute Gasteiger partial charge is 0.496 e. The SMILES string of the molecule is COc1ccccc1C1CN(C(C)C)CC1C(=O)O. The van der Waals surface area contributed by atoms with Gasteiger partial charge in [-0.25, -0.2) is 0 Å². The summed E-state index contributed by atoms with van der Waals surface area (Å²) in [6.45, 7) is 5.58. The maximum Gasteiger partial charge on any atom is 0.308 e. The van der Waals surface area contributed by atoms with Crippen LogP contribution < -0.4 is 4.74 Å². The first kappa shape index (κ1) is 13.9. The molecule has 0 saturated carbocycles. The lowest BCUT2D eigenvalue weighted by molar-refractivity contribution is -0.141. The van der Waals surface area contributed by atoms with E-state index in [1.165, 1.54) is 0 Å². The number of para-hydroxylation sites is 1. The number of methoxy groups -OCH3 is 1. The highest BCUT2D eigenvalue weighted by Crippen LogP contribution is 2.38. The van der Waals surface area contributed by atoms with Gasteiger partial charge < -0.3 is 9.84 Å². The Kier molecular flexibility index (Phi) is 4.10. The summed E-state index contributed by atoms with van der Waals surface area (Å²) in [5, 5.41) is 9.44. The quantitative estimate of drug-likeness (QED) is 0.904. The van der Waals surface area contributed by atoms with Crippen LogP contribution in [0.2, 0.25) is 0 Å². The normalized spacial score (nSPS) is 23.8. The van der Waals surface area contributed by atoms with Crippen LogP contribution in [0.5, 0.6) is 5.75 Å². The van der Waals surface area contributed by atoms with Crippen LogP contribution in [0.15, 0.2) is 24.3 Å². The van der Waals surface area contributed by atoms with Crippen LogP contribution in [-0.4, -0.2) is 42.2 Å². The predicted molar refractivity (Wildman–Crippen MR) is 73.6 cm³/mol. The van der Waals surface area contributed by atoms with Crippen molar-refractivity contribution < 1.29 is 14.6 Å². The number of hydrogen-bond donors (Lipinski definition) is 1. The first-order chi connectivity index (χ1) is 9.04. The van der Waals surface area contributed by atoms with Gasteiger partial charge in [-0.3, -0.25) is 9.69 Å². The average molecular weight is 263 g/mol. The molecule has 1 saturated heterocycles. The zero-order valence-corrected chi connectivity index (χ0v) is 11.7. The van der Waals surface area contributed by atoms with Gasteiger partial charge in [-0.05, 0) is 25.5 Å². The molecule has 1 aromatic rings. The fourth-order valence-electron chi connectivity index (χ4n) is 2.79. The smallest absolute Gasteiger partial charge is 0.308 e. The topological polar surface area (TPSA) is 49.8 Å². The number of ether oxygens (including phenoxy) is 1. The predicted octanol–water partition coefficient (Wildman–Crippen LogP) is 2.20. The van der Waals surface area contributed by atoms with Gasteiger partial charge in [-0.1, -0.05) is 18.2 Å². The van der Waals surface area contributed by atoms with Crippen LogP contribution in [0.3, 0.4) is 0 Å². The van der Waals surface area contributed by atoms with Crippen LogP contribution in [0.25, 0.3) is 0 Å². The Labute approximate surface area is 114 Å². The molecular weight excluding hydrogens is 242 g/mol. The lowest BCUT2D eigenvalue weighted by atomic mass is 9.88. The molecule has 104 valence electrons. The number of benzene rings is 1. The minimum Gasteiger partial charge on any atom is -0.496 e. The van der Waals surface area contributed by atoms with Crippen LogP contribution >= 0.6 is 0 Å². The maximum atomic E-state index is 11.5. The van der Waals surface area contributed by atoms with Gasteiger partial charge >= 0.3 is 5.97 Å². The Balaban J connectivity index is 2.33. The molecular formula is C15H21NO3. The third-order valence-electron chi connectivity index (χ3n) is 3.93. The Morgan fingerprint density at radius 3 is 2.63 bits per heavy atom. The first-order valence-corrected chi connectivity index (χ1v) is 6.64. The molecule has 2 rings (SSSR count). The summed E-state index contributed by atoms with van der Waals surface area (Å²) < 4.78 is 5.37. The van der Waals surface area contributed by atoms with Gasteiger partial charge in [-0.15, -0.1) is 0 Å². The summed E-state index contributed by atoms with van der Waals surface area (Å²) in [6.07, 6.45) is 0. The van der Waals surface area contributed by atoms with Crippen molar-refractivity contribution in [1.82, 2.24) is 4.90 Å². The number of aliphatic carboxylic acids is 1. The van der Waals surface area contributed by atoms with Crippen molar-refractivity contribution in [3.63, 3.8) is 0 Å². The molecule has 1 N–H and O–H groups in total. The Bertz CT molecular complexity index is 458. The van der Waals surface area contributed by atoms with E-state index in [2.05, 4.69) is 18.7 Å². The summed E-state index contributed by atoms with van der Waals surface area (Å²) in [5.41, 5.74) is 1.00. The van der Waals surface area contributed by atoms with Gasteiger partial charge in [0.1, 0.15) is 5.75 Å². The lowest BCUT2D eigenvalue weighted by Crippen LogP contribution is -2.29. The third-order valence-corrected chi connectivity index (χ3v) is 3.93. The van der Waals surface area contributed by atoms with E-state index >= 15 is 0 Å². The van der Waals surface area contributed by atoms with E-state index in [9.17, 15) is 9.90 Å². The molecule has 1 heterocycles. The van der Waals surface area contributed by atoms with Crippen molar-refractivity contribution in [2.45, 2.75) is 25.8 Å². The highest BCUT2D eigenvalue weighted by molar-refractivity contribution is 5.72. The number of carboxylic acid groups (broad SMARTS) is 1. The maximum absolute atomic E-state index is 11.5. The van der Waals surface area contributed by atoms with E-state index in [-0.39, 0.29) is 11.8 Å². The summed E-state index contributed by atoms with van der Waals surface area (Å²) in [7, 11) is 1.63. The van der Waals surface area contributed by atoms with E-state index in [1.807, 2.05) is 24.3 Å². The molecule has 0 radical (unpaired) electrons. The van der Waals surface area contributed by atoms with Gasteiger partial charge in [0.2, 0.25) is 0 Å². The van der Waals surface area contributed by atoms with Crippen LogP contribution in [0.1, 0.15) is 25.3 Å². The number of nitrogens with zero attached hydrogens (tertiary/aromatic N) is 1. The van der Waals surface area contributed by atoms with Gasteiger partial charge in [0.15, 0.2) is 0 Å². The molecule has 2 atom stereocenters. The van der Waals surface area contributed by atoms with Crippen molar-refractivity contribution in [2.75, 3.05) is 20.2 Å². The second kappa shape index (κ2) is 5.61. The molecule has 0 bridgehead atoms. The second-order valence-corrected chi connectivity index (χ2v) is 5.34. The van der Waals surface area contributed by atoms with E-state index in [0.717, 1.165) is 17.9 Å². The summed E-state index contributed by atoms with van der Waals surface area (Å²) >= 11 is 0. The second-order valence-electron chi connectivity index (χ2n) is 5.34. The van der Waals surface area contributed by atoms with Crippen molar-refractivity contribution in [3.05, 3.63) is 29.8 Å². The van der Waals surface area contributed by atoms with Crippen LogP contribution in [-0.2, 0) is 4.79 Å². The average Bonchev–Trinajstić information content (AvgIpc) is 2.83. The minimum absolute atomic E-state index is 0.00366. The molecule has 1 fully saturated rings. The molecule has 0 spiro atoms. The van der Waals surface area contributed by atoms with E-state index in [4.69, 9.17) is 4.74 Å². The Morgan fingerprint density at radius 1 is 1.37 bits per heavy atom. The molecule has 4 heteroatoms. The molecule has 0 amide bonds. The fraction of sp³-hybridized carbons (Fsp3) is 0.533. The van der Waals surface area contributed by atoms with Crippen LogP contribution in [0.4, 0.5) is 0 Å². The van der Waals surface area contributed by atoms with E-state index < -0.39 is 5.97 Å². The van der Waals surface area contributed by atoms with Crippen LogP contribution in [0, 0.1) is 5.92 Å². The zero-order chi connectivity index (χ0) is 14.0. The summed E-state index contributed by atoms with van der Waals surface area (Å²) in [5.74, 6) is -0.307. The number of likely N-dealkylation sites (tertiary alicyclic amines) is 1. The first-order valence-electron chi connectivity index (χ1n) is 6.64. The van der Waals surface area contributed by atoms with Crippen molar-refractivity contribution in [1.29, 1.82) is 0 Å². The van der Waals surface area contributed by atoms with Gasteiger partial charge in [0, 0.05) is 25.0 Å². The molecule has 0 aliphatic carbocycles.